The summed E-state index contributed by atoms with van der Waals surface area (Å²) in [5.74, 6) is 1.11. The van der Waals surface area contributed by atoms with Gasteiger partial charge in [-0.1, -0.05) is 33.6 Å². The fourth-order valence-electron chi connectivity index (χ4n) is 1.48. The van der Waals surface area contributed by atoms with Crippen LogP contribution >= 0.6 is 27.5 Å². The predicted molar refractivity (Wildman–Crippen MR) is 76.2 cm³/mol. The lowest BCUT2D eigenvalue weighted by Gasteiger charge is -2.08. The molecule has 0 aliphatic carbocycles. The molecule has 1 N–H and O–H groups in total. The Morgan fingerprint density at radius 2 is 2.22 bits per heavy atom. The second-order valence-electron chi connectivity index (χ2n) is 3.72. The van der Waals surface area contributed by atoms with Gasteiger partial charge in [0, 0.05) is 17.2 Å². The standard InChI is InChI=1S/C13H12BrClN2O/c1-16-7-9-5-12(15)13(17-8-9)18-11-4-2-3-10(14)6-11/h2-6,8,16H,7H2,1H3. The quantitative estimate of drug-likeness (QED) is 0.921. The number of pyridine rings is 1. The van der Waals surface area contributed by atoms with Gasteiger partial charge in [-0.3, -0.25) is 0 Å². The second kappa shape index (κ2) is 6.18. The van der Waals surface area contributed by atoms with Crippen LogP contribution in [0, 0.1) is 0 Å². The highest BCUT2D eigenvalue weighted by molar-refractivity contribution is 9.10. The van der Waals surface area contributed by atoms with E-state index >= 15 is 0 Å². The summed E-state index contributed by atoms with van der Waals surface area (Å²) in [5, 5.41) is 3.54. The Kier molecular flexibility index (Phi) is 4.58. The number of ether oxygens (including phenoxy) is 1. The van der Waals surface area contributed by atoms with Gasteiger partial charge in [-0.25, -0.2) is 4.98 Å². The van der Waals surface area contributed by atoms with E-state index in [1.165, 1.54) is 0 Å². The Bertz CT molecular complexity index is 548. The molecule has 1 aromatic heterocycles. The van der Waals surface area contributed by atoms with Crippen molar-refractivity contribution in [2.24, 2.45) is 0 Å². The minimum absolute atomic E-state index is 0.412. The van der Waals surface area contributed by atoms with Gasteiger partial charge in [-0.2, -0.15) is 0 Å². The Hall–Kier alpha value is -1.10. The van der Waals surface area contributed by atoms with Crippen molar-refractivity contribution in [3.05, 3.63) is 51.6 Å². The predicted octanol–water partition coefficient (Wildman–Crippen LogP) is 4.01. The van der Waals surface area contributed by atoms with Gasteiger partial charge in [0.25, 0.3) is 0 Å². The molecule has 0 unspecified atom stereocenters. The molecule has 94 valence electrons. The Morgan fingerprint density at radius 3 is 2.89 bits per heavy atom. The maximum atomic E-state index is 6.13. The monoisotopic (exact) mass is 326 g/mol. The van der Waals surface area contributed by atoms with Crippen LogP contribution in [0.1, 0.15) is 5.56 Å². The normalized spacial score (nSPS) is 10.4. The van der Waals surface area contributed by atoms with Gasteiger partial charge in [-0.05, 0) is 36.9 Å². The minimum Gasteiger partial charge on any atom is -0.438 e. The van der Waals surface area contributed by atoms with E-state index < -0.39 is 0 Å². The van der Waals surface area contributed by atoms with Crippen molar-refractivity contribution in [2.45, 2.75) is 6.54 Å². The first-order chi connectivity index (χ1) is 8.69. The summed E-state index contributed by atoms with van der Waals surface area (Å²) in [7, 11) is 1.87. The van der Waals surface area contributed by atoms with E-state index in [9.17, 15) is 0 Å². The van der Waals surface area contributed by atoms with Crippen molar-refractivity contribution in [3.8, 4) is 11.6 Å². The molecule has 0 amide bonds. The molecule has 1 heterocycles. The lowest BCUT2D eigenvalue weighted by atomic mass is 10.3. The third-order valence-corrected chi connectivity index (χ3v) is 3.02. The number of aromatic nitrogens is 1. The Balaban J connectivity index is 2.19. The zero-order valence-electron chi connectivity index (χ0n) is 9.78. The summed E-state index contributed by atoms with van der Waals surface area (Å²) in [5.41, 5.74) is 1.02. The molecule has 0 bridgehead atoms. The summed E-state index contributed by atoms with van der Waals surface area (Å²) in [6, 6.07) is 9.38. The molecular formula is C13H12BrClN2O. The van der Waals surface area contributed by atoms with E-state index in [0.717, 1.165) is 16.6 Å². The SMILES string of the molecule is CNCc1cnc(Oc2cccc(Br)c2)c(Cl)c1. The number of nitrogens with one attached hydrogen (secondary N) is 1. The molecule has 2 rings (SSSR count). The molecule has 2 aromatic rings. The molecule has 1 aromatic carbocycles. The third-order valence-electron chi connectivity index (χ3n) is 2.26. The zero-order chi connectivity index (χ0) is 13.0. The number of nitrogens with zero attached hydrogens (tertiary/aromatic N) is 1. The lowest BCUT2D eigenvalue weighted by Crippen LogP contribution is -2.05. The van der Waals surface area contributed by atoms with Crippen LogP contribution < -0.4 is 10.1 Å². The summed E-state index contributed by atoms with van der Waals surface area (Å²) in [6.07, 6.45) is 1.75. The van der Waals surface area contributed by atoms with Crippen LogP contribution in [0.4, 0.5) is 0 Å². The van der Waals surface area contributed by atoms with Crippen molar-refractivity contribution in [2.75, 3.05) is 7.05 Å². The summed E-state index contributed by atoms with van der Waals surface area (Å²) in [4.78, 5) is 4.21. The van der Waals surface area contributed by atoms with E-state index in [1.54, 1.807) is 6.20 Å². The smallest absolute Gasteiger partial charge is 0.238 e. The van der Waals surface area contributed by atoms with Crippen molar-refractivity contribution in [1.29, 1.82) is 0 Å². The highest BCUT2D eigenvalue weighted by atomic mass is 79.9. The number of rotatable bonds is 4. The van der Waals surface area contributed by atoms with Gasteiger partial charge in [-0.15, -0.1) is 0 Å². The number of halogens is 2. The first-order valence-corrected chi connectivity index (χ1v) is 6.58. The van der Waals surface area contributed by atoms with E-state index in [-0.39, 0.29) is 0 Å². The molecule has 0 saturated carbocycles. The number of hydrogen-bond acceptors (Lipinski definition) is 3. The average molecular weight is 328 g/mol. The molecule has 0 saturated heterocycles. The number of hydrogen-bond donors (Lipinski definition) is 1. The van der Waals surface area contributed by atoms with Crippen LogP contribution in [0.3, 0.4) is 0 Å². The first-order valence-electron chi connectivity index (χ1n) is 5.41. The van der Waals surface area contributed by atoms with Crippen molar-refractivity contribution < 1.29 is 4.74 Å². The second-order valence-corrected chi connectivity index (χ2v) is 5.04. The van der Waals surface area contributed by atoms with Gasteiger partial charge in [0.15, 0.2) is 0 Å². The Morgan fingerprint density at radius 1 is 1.39 bits per heavy atom. The molecule has 0 spiro atoms. The molecule has 3 nitrogen and oxygen atoms in total. The van der Waals surface area contributed by atoms with Crippen molar-refractivity contribution in [1.82, 2.24) is 10.3 Å². The van der Waals surface area contributed by atoms with Crippen LogP contribution in [-0.2, 0) is 6.54 Å². The van der Waals surface area contributed by atoms with E-state index in [4.69, 9.17) is 16.3 Å². The summed E-state index contributed by atoms with van der Waals surface area (Å²) >= 11 is 9.51. The summed E-state index contributed by atoms with van der Waals surface area (Å²) < 4.78 is 6.58. The van der Waals surface area contributed by atoms with Crippen LogP contribution in [0.15, 0.2) is 41.0 Å². The average Bonchev–Trinajstić information content (AvgIpc) is 2.33. The maximum absolute atomic E-state index is 6.13. The number of benzene rings is 1. The highest BCUT2D eigenvalue weighted by Gasteiger charge is 2.06. The van der Waals surface area contributed by atoms with Crippen LogP contribution in [0.25, 0.3) is 0 Å². The van der Waals surface area contributed by atoms with Gasteiger partial charge >= 0.3 is 0 Å². The van der Waals surface area contributed by atoms with Crippen LogP contribution in [-0.4, -0.2) is 12.0 Å². The summed E-state index contributed by atoms with van der Waals surface area (Å²) in [6.45, 7) is 0.726. The zero-order valence-corrected chi connectivity index (χ0v) is 12.1. The van der Waals surface area contributed by atoms with Crippen LogP contribution in [0.2, 0.25) is 5.02 Å². The molecule has 0 aliphatic rings. The molecule has 0 radical (unpaired) electrons. The van der Waals surface area contributed by atoms with Crippen molar-refractivity contribution in [3.63, 3.8) is 0 Å². The fourth-order valence-corrected chi connectivity index (χ4v) is 2.09. The van der Waals surface area contributed by atoms with Gasteiger partial charge in [0.1, 0.15) is 10.8 Å². The van der Waals surface area contributed by atoms with Gasteiger partial charge in [0.2, 0.25) is 5.88 Å². The topological polar surface area (TPSA) is 34.2 Å². The minimum atomic E-state index is 0.412. The molecule has 5 heteroatoms. The largest absolute Gasteiger partial charge is 0.438 e. The maximum Gasteiger partial charge on any atom is 0.238 e. The fraction of sp³-hybridized carbons (Fsp3) is 0.154. The molecule has 18 heavy (non-hydrogen) atoms. The molecule has 0 atom stereocenters. The van der Waals surface area contributed by atoms with Gasteiger partial charge in [0.05, 0.1) is 0 Å². The van der Waals surface area contributed by atoms with E-state index in [0.29, 0.717) is 16.7 Å². The Labute approximate surface area is 119 Å². The van der Waals surface area contributed by atoms with Gasteiger partial charge < -0.3 is 10.1 Å². The van der Waals surface area contributed by atoms with E-state index in [2.05, 4.69) is 26.2 Å². The molecular weight excluding hydrogens is 316 g/mol. The first kappa shape index (κ1) is 13.3. The third kappa shape index (κ3) is 3.45. The van der Waals surface area contributed by atoms with Crippen LogP contribution in [0.5, 0.6) is 11.6 Å². The lowest BCUT2D eigenvalue weighted by molar-refractivity contribution is 0.462. The highest BCUT2D eigenvalue weighted by Crippen LogP contribution is 2.28. The molecule has 0 aliphatic heterocycles. The van der Waals surface area contributed by atoms with Crippen molar-refractivity contribution >= 4 is 27.5 Å². The van der Waals surface area contributed by atoms with E-state index in [1.807, 2.05) is 37.4 Å². The molecule has 0 fully saturated rings.